The lowest BCUT2D eigenvalue weighted by molar-refractivity contribution is -0.137. The highest BCUT2D eigenvalue weighted by Gasteiger charge is 2.31. The molecule has 1 fully saturated rings. The van der Waals surface area contributed by atoms with Crippen molar-refractivity contribution in [1.82, 2.24) is 4.90 Å². The molecule has 7 heteroatoms. The van der Waals surface area contributed by atoms with E-state index >= 15 is 0 Å². The van der Waals surface area contributed by atoms with Gasteiger partial charge in [-0.1, -0.05) is 11.6 Å². The number of aliphatic hydroxyl groups is 1. The number of β-amino-alcohol motifs (C(OH)–C–C–N with tert-alkyl or cyclic N) is 1. The number of anilines is 2. The zero-order chi connectivity index (χ0) is 16.4. The Hall–Kier alpha value is -2.05. The molecule has 0 aliphatic carbocycles. The molecule has 2 heterocycles. The van der Waals surface area contributed by atoms with Gasteiger partial charge in [0.15, 0.2) is 0 Å². The Labute approximate surface area is 139 Å². The maximum Gasteiger partial charge on any atom is 0.277 e. The van der Waals surface area contributed by atoms with E-state index in [0.29, 0.717) is 10.7 Å². The maximum absolute atomic E-state index is 12.2. The Morgan fingerprint density at radius 1 is 1.22 bits per heavy atom. The zero-order valence-corrected chi connectivity index (χ0v) is 13.3. The molecule has 0 bridgehead atoms. The molecule has 1 aromatic carbocycles. The fourth-order valence-electron chi connectivity index (χ4n) is 2.90. The number of halogens is 1. The van der Waals surface area contributed by atoms with Gasteiger partial charge in [0.05, 0.1) is 24.5 Å². The number of nitrogens with one attached hydrogen (secondary N) is 1. The van der Waals surface area contributed by atoms with Gasteiger partial charge in [0.25, 0.3) is 11.8 Å². The summed E-state index contributed by atoms with van der Waals surface area (Å²) in [5.41, 5.74) is 1.87. The third-order valence-corrected chi connectivity index (χ3v) is 4.24. The fourth-order valence-corrected chi connectivity index (χ4v) is 3.07. The van der Waals surface area contributed by atoms with Crippen LogP contribution < -0.4 is 10.2 Å². The second-order valence-electron chi connectivity index (χ2n) is 5.56. The van der Waals surface area contributed by atoms with Crippen molar-refractivity contribution in [3.05, 3.63) is 35.0 Å². The summed E-state index contributed by atoms with van der Waals surface area (Å²) in [6.07, 6.45) is 3.52. The first kappa shape index (κ1) is 15.8. The van der Waals surface area contributed by atoms with E-state index in [1.165, 1.54) is 6.08 Å². The Morgan fingerprint density at radius 3 is 2.65 bits per heavy atom. The number of aliphatic hydroxyl groups excluding tert-OH is 1. The second kappa shape index (κ2) is 6.60. The van der Waals surface area contributed by atoms with E-state index in [1.807, 2.05) is 12.1 Å². The lowest BCUT2D eigenvalue weighted by atomic mass is 10.2. The Balaban J connectivity index is 1.85. The minimum atomic E-state index is -0.434. The van der Waals surface area contributed by atoms with Gasteiger partial charge in [-0.05, 0) is 31.0 Å². The normalized spacial score (nSPS) is 17.9. The number of carbonyl (C=O) groups is 2. The fraction of sp³-hybridized carbons (Fsp3) is 0.375. The molecule has 1 saturated heterocycles. The van der Waals surface area contributed by atoms with Crippen molar-refractivity contribution in [2.45, 2.75) is 12.8 Å². The average Bonchev–Trinajstić information content (AvgIpc) is 3.13. The van der Waals surface area contributed by atoms with Crippen molar-refractivity contribution in [1.29, 1.82) is 0 Å². The van der Waals surface area contributed by atoms with Crippen LogP contribution in [0.1, 0.15) is 12.8 Å². The van der Waals surface area contributed by atoms with Gasteiger partial charge in [0.2, 0.25) is 0 Å². The summed E-state index contributed by atoms with van der Waals surface area (Å²) in [5, 5.41) is 12.5. The number of hydrogen-bond donors (Lipinski definition) is 2. The lowest BCUT2D eigenvalue weighted by Gasteiger charge is -2.22. The highest BCUT2D eigenvalue weighted by Crippen LogP contribution is 2.33. The van der Waals surface area contributed by atoms with Crippen molar-refractivity contribution in [3.8, 4) is 0 Å². The molecule has 0 aromatic heterocycles. The van der Waals surface area contributed by atoms with Crippen LogP contribution in [0.5, 0.6) is 0 Å². The van der Waals surface area contributed by atoms with Crippen LogP contribution in [0.2, 0.25) is 5.02 Å². The second-order valence-corrected chi connectivity index (χ2v) is 5.99. The minimum absolute atomic E-state index is 0.00608. The number of rotatable bonds is 5. The molecule has 2 aliphatic heterocycles. The lowest BCUT2D eigenvalue weighted by Crippen LogP contribution is -2.34. The molecular weight excluding hydrogens is 318 g/mol. The number of amides is 2. The van der Waals surface area contributed by atoms with Gasteiger partial charge < -0.3 is 15.3 Å². The average molecular weight is 336 g/mol. The van der Waals surface area contributed by atoms with Gasteiger partial charge in [0, 0.05) is 24.2 Å². The van der Waals surface area contributed by atoms with E-state index in [9.17, 15) is 9.59 Å². The first-order chi connectivity index (χ1) is 11.1. The van der Waals surface area contributed by atoms with Crippen LogP contribution in [0.4, 0.5) is 11.4 Å². The molecule has 23 heavy (non-hydrogen) atoms. The summed E-state index contributed by atoms with van der Waals surface area (Å²) < 4.78 is 0. The molecule has 0 unspecified atom stereocenters. The zero-order valence-electron chi connectivity index (χ0n) is 12.6. The van der Waals surface area contributed by atoms with Gasteiger partial charge in [-0.15, -0.1) is 0 Å². The van der Waals surface area contributed by atoms with Crippen LogP contribution in [-0.2, 0) is 9.59 Å². The van der Waals surface area contributed by atoms with Crippen LogP contribution in [-0.4, -0.2) is 48.1 Å². The van der Waals surface area contributed by atoms with E-state index < -0.39 is 11.8 Å². The molecule has 2 aliphatic rings. The summed E-state index contributed by atoms with van der Waals surface area (Å²) in [6, 6.07) is 5.49. The molecule has 2 amide bonds. The number of benzene rings is 1. The van der Waals surface area contributed by atoms with Crippen LogP contribution in [0.15, 0.2) is 30.0 Å². The van der Waals surface area contributed by atoms with Crippen molar-refractivity contribution < 1.29 is 14.7 Å². The minimum Gasteiger partial charge on any atom is -0.395 e. The largest absolute Gasteiger partial charge is 0.395 e. The summed E-state index contributed by atoms with van der Waals surface area (Å²) in [4.78, 5) is 27.3. The number of nitrogens with zero attached hydrogens (tertiary/aromatic N) is 2. The van der Waals surface area contributed by atoms with E-state index in [2.05, 4.69) is 10.2 Å². The monoisotopic (exact) mass is 335 g/mol. The molecule has 0 saturated carbocycles. The molecule has 0 radical (unpaired) electrons. The van der Waals surface area contributed by atoms with Crippen molar-refractivity contribution >= 4 is 34.8 Å². The van der Waals surface area contributed by atoms with E-state index in [4.69, 9.17) is 16.7 Å². The molecule has 6 nitrogen and oxygen atoms in total. The molecule has 0 atom stereocenters. The number of imide groups is 1. The smallest absolute Gasteiger partial charge is 0.277 e. The number of carbonyl (C=O) groups excluding carboxylic acids is 2. The summed E-state index contributed by atoms with van der Waals surface area (Å²) in [7, 11) is 0. The standard InChI is InChI=1S/C16H18ClN3O3/c17-11-3-4-14(19-5-1-2-6-19)12(9-11)18-13-10-15(22)20(7-8-21)16(13)23/h3-4,9-10,18,21H,1-2,5-8H2. The molecule has 2 N–H and O–H groups in total. The molecule has 0 spiro atoms. The highest BCUT2D eigenvalue weighted by atomic mass is 35.5. The predicted molar refractivity (Wildman–Crippen MR) is 88.4 cm³/mol. The molecule has 3 rings (SSSR count). The van der Waals surface area contributed by atoms with E-state index in [-0.39, 0.29) is 18.8 Å². The third-order valence-electron chi connectivity index (χ3n) is 4.01. The van der Waals surface area contributed by atoms with Crippen LogP contribution in [0.25, 0.3) is 0 Å². The van der Waals surface area contributed by atoms with Gasteiger partial charge in [0.1, 0.15) is 5.70 Å². The SMILES string of the molecule is O=C1C=C(Nc2cc(Cl)ccc2N2CCCC2)C(=O)N1CCO. The maximum atomic E-state index is 12.2. The quantitative estimate of drug-likeness (QED) is 0.800. The van der Waals surface area contributed by atoms with Crippen molar-refractivity contribution in [2.24, 2.45) is 0 Å². The van der Waals surface area contributed by atoms with Crippen molar-refractivity contribution in [3.63, 3.8) is 0 Å². The highest BCUT2D eigenvalue weighted by molar-refractivity contribution is 6.31. The summed E-state index contributed by atoms with van der Waals surface area (Å²) in [6.45, 7) is 1.65. The topological polar surface area (TPSA) is 72.9 Å². The van der Waals surface area contributed by atoms with E-state index in [1.54, 1.807) is 6.07 Å². The summed E-state index contributed by atoms with van der Waals surface area (Å²) >= 11 is 6.08. The Morgan fingerprint density at radius 2 is 1.96 bits per heavy atom. The van der Waals surface area contributed by atoms with Crippen LogP contribution in [0.3, 0.4) is 0 Å². The third kappa shape index (κ3) is 3.18. The van der Waals surface area contributed by atoms with Gasteiger partial charge in [-0.25, -0.2) is 0 Å². The number of hydrogen-bond acceptors (Lipinski definition) is 5. The molecule has 122 valence electrons. The predicted octanol–water partition coefficient (Wildman–Crippen LogP) is 1.60. The summed E-state index contributed by atoms with van der Waals surface area (Å²) in [5.74, 6) is -0.854. The Bertz CT molecular complexity index is 669. The van der Waals surface area contributed by atoms with Crippen LogP contribution in [0, 0.1) is 0 Å². The van der Waals surface area contributed by atoms with Gasteiger partial charge in [-0.3, -0.25) is 14.5 Å². The molecular formula is C16H18ClN3O3. The molecule has 1 aromatic rings. The van der Waals surface area contributed by atoms with Crippen LogP contribution >= 0.6 is 11.6 Å². The Kier molecular flexibility index (Phi) is 4.54. The van der Waals surface area contributed by atoms with E-state index in [0.717, 1.165) is 36.5 Å². The first-order valence-electron chi connectivity index (χ1n) is 7.60. The van der Waals surface area contributed by atoms with Gasteiger partial charge in [-0.2, -0.15) is 0 Å². The van der Waals surface area contributed by atoms with Crippen molar-refractivity contribution in [2.75, 3.05) is 36.5 Å². The van der Waals surface area contributed by atoms with Gasteiger partial charge >= 0.3 is 0 Å². The first-order valence-corrected chi connectivity index (χ1v) is 7.98.